The van der Waals surface area contributed by atoms with E-state index >= 15 is 0 Å². The van der Waals surface area contributed by atoms with Crippen LogP contribution in [0.3, 0.4) is 0 Å². The SMILES string of the molecule is CC(C)(C(=O)NCCCc1ccccc1)C(=O)Nc1ccccc1C(F)(F)F. The predicted molar refractivity (Wildman–Crippen MR) is 102 cm³/mol. The molecular weight excluding hydrogens is 369 g/mol. The van der Waals surface area contributed by atoms with Crippen LogP contribution < -0.4 is 10.6 Å². The Balaban J connectivity index is 1.94. The highest BCUT2D eigenvalue weighted by molar-refractivity contribution is 6.10. The van der Waals surface area contributed by atoms with E-state index < -0.39 is 29.0 Å². The number of carbonyl (C=O) groups excluding carboxylic acids is 2. The number of benzene rings is 2. The van der Waals surface area contributed by atoms with Crippen molar-refractivity contribution in [1.29, 1.82) is 0 Å². The van der Waals surface area contributed by atoms with E-state index in [-0.39, 0.29) is 5.69 Å². The van der Waals surface area contributed by atoms with Crippen molar-refractivity contribution in [2.75, 3.05) is 11.9 Å². The standard InChI is InChI=1S/C21H23F3N2O2/c1-20(2,18(27)25-14-8-11-15-9-4-3-5-10-15)19(28)26-17-13-7-6-12-16(17)21(22,23)24/h3-7,9-10,12-13H,8,11,14H2,1-2H3,(H,25,27)(H,26,28). The first-order valence-electron chi connectivity index (χ1n) is 8.92. The fourth-order valence-corrected chi connectivity index (χ4v) is 2.58. The molecule has 0 atom stereocenters. The van der Waals surface area contributed by atoms with E-state index in [1.54, 1.807) is 0 Å². The number of hydrogen-bond donors (Lipinski definition) is 2. The highest BCUT2D eigenvalue weighted by Crippen LogP contribution is 2.35. The van der Waals surface area contributed by atoms with Crippen molar-refractivity contribution in [2.24, 2.45) is 5.41 Å². The molecule has 0 bridgehead atoms. The lowest BCUT2D eigenvalue weighted by molar-refractivity contribution is -0.138. The Morgan fingerprint density at radius 1 is 0.893 bits per heavy atom. The van der Waals surface area contributed by atoms with Crippen LogP contribution in [0.15, 0.2) is 54.6 Å². The molecule has 0 aliphatic heterocycles. The molecule has 0 aromatic heterocycles. The monoisotopic (exact) mass is 392 g/mol. The summed E-state index contributed by atoms with van der Waals surface area (Å²) >= 11 is 0. The van der Waals surface area contributed by atoms with Crippen LogP contribution in [0.4, 0.5) is 18.9 Å². The summed E-state index contributed by atoms with van der Waals surface area (Å²) in [5, 5.41) is 4.92. The molecule has 2 aromatic carbocycles. The van der Waals surface area contributed by atoms with Crippen LogP contribution >= 0.6 is 0 Å². The van der Waals surface area contributed by atoms with Crippen molar-refractivity contribution in [3.05, 3.63) is 65.7 Å². The van der Waals surface area contributed by atoms with Gasteiger partial charge in [-0.3, -0.25) is 9.59 Å². The first-order chi connectivity index (χ1) is 13.1. The van der Waals surface area contributed by atoms with Crippen LogP contribution in [0, 0.1) is 5.41 Å². The third-order valence-electron chi connectivity index (χ3n) is 4.39. The number of amides is 2. The van der Waals surface area contributed by atoms with Gasteiger partial charge in [-0.15, -0.1) is 0 Å². The minimum Gasteiger partial charge on any atom is -0.355 e. The topological polar surface area (TPSA) is 58.2 Å². The molecular formula is C21H23F3N2O2. The third-order valence-corrected chi connectivity index (χ3v) is 4.39. The van der Waals surface area contributed by atoms with Gasteiger partial charge in [-0.2, -0.15) is 13.2 Å². The lowest BCUT2D eigenvalue weighted by Crippen LogP contribution is -2.45. The van der Waals surface area contributed by atoms with Crippen molar-refractivity contribution in [2.45, 2.75) is 32.9 Å². The van der Waals surface area contributed by atoms with Gasteiger partial charge in [0.15, 0.2) is 0 Å². The highest BCUT2D eigenvalue weighted by atomic mass is 19.4. The first-order valence-corrected chi connectivity index (χ1v) is 8.92. The minimum atomic E-state index is -4.60. The number of para-hydroxylation sites is 1. The number of hydrogen-bond acceptors (Lipinski definition) is 2. The number of alkyl halides is 3. The van der Waals surface area contributed by atoms with Gasteiger partial charge in [0.2, 0.25) is 11.8 Å². The van der Waals surface area contributed by atoms with Crippen LogP contribution in [0.25, 0.3) is 0 Å². The van der Waals surface area contributed by atoms with Crippen LogP contribution in [0.2, 0.25) is 0 Å². The van der Waals surface area contributed by atoms with Crippen LogP contribution in [0.1, 0.15) is 31.4 Å². The molecule has 0 heterocycles. The van der Waals surface area contributed by atoms with Crippen molar-refractivity contribution in [1.82, 2.24) is 5.32 Å². The molecule has 28 heavy (non-hydrogen) atoms. The Kier molecular flexibility index (Phi) is 6.83. The average molecular weight is 392 g/mol. The van der Waals surface area contributed by atoms with E-state index in [4.69, 9.17) is 0 Å². The maximum absolute atomic E-state index is 13.1. The second kappa shape index (κ2) is 8.91. The van der Waals surface area contributed by atoms with Crippen molar-refractivity contribution in [3.8, 4) is 0 Å². The maximum Gasteiger partial charge on any atom is 0.418 e. The smallest absolute Gasteiger partial charge is 0.355 e. The number of anilines is 1. The van der Waals surface area contributed by atoms with E-state index in [0.717, 1.165) is 24.1 Å². The number of rotatable bonds is 7. The summed E-state index contributed by atoms with van der Waals surface area (Å²) in [6, 6.07) is 14.4. The summed E-state index contributed by atoms with van der Waals surface area (Å²) < 4.78 is 39.2. The number of nitrogens with one attached hydrogen (secondary N) is 2. The van der Waals surface area contributed by atoms with Crippen LogP contribution in [-0.4, -0.2) is 18.4 Å². The van der Waals surface area contributed by atoms with Crippen molar-refractivity contribution < 1.29 is 22.8 Å². The minimum absolute atomic E-state index is 0.365. The lowest BCUT2D eigenvalue weighted by Gasteiger charge is -2.24. The zero-order valence-corrected chi connectivity index (χ0v) is 15.8. The lowest BCUT2D eigenvalue weighted by atomic mass is 9.90. The van der Waals surface area contributed by atoms with E-state index in [1.165, 1.54) is 26.0 Å². The quantitative estimate of drug-likeness (QED) is 0.541. The van der Waals surface area contributed by atoms with Gasteiger partial charge in [-0.25, -0.2) is 0 Å². The molecule has 0 aliphatic rings. The van der Waals surface area contributed by atoms with Gasteiger partial charge in [0.1, 0.15) is 5.41 Å². The average Bonchev–Trinajstić information content (AvgIpc) is 2.65. The molecule has 0 fully saturated rings. The molecule has 7 heteroatoms. The van der Waals surface area contributed by atoms with E-state index in [0.29, 0.717) is 13.0 Å². The largest absolute Gasteiger partial charge is 0.418 e. The van der Waals surface area contributed by atoms with Gasteiger partial charge in [-0.1, -0.05) is 42.5 Å². The fourth-order valence-electron chi connectivity index (χ4n) is 2.58. The van der Waals surface area contributed by atoms with Crippen molar-refractivity contribution in [3.63, 3.8) is 0 Å². The molecule has 4 nitrogen and oxygen atoms in total. The number of halogens is 3. The van der Waals surface area contributed by atoms with E-state index in [1.807, 2.05) is 30.3 Å². The number of carbonyl (C=O) groups is 2. The molecule has 150 valence electrons. The molecule has 0 radical (unpaired) electrons. The molecule has 0 saturated heterocycles. The second-order valence-electron chi connectivity index (χ2n) is 6.97. The first kappa shape index (κ1) is 21.5. The zero-order chi connectivity index (χ0) is 20.8. The molecule has 0 aliphatic carbocycles. The summed E-state index contributed by atoms with van der Waals surface area (Å²) in [4.78, 5) is 24.9. The summed E-state index contributed by atoms with van der Waals surface area (Å²) in [5.74, 6) is -1.34. The highest BCUT2D eigenvalue weighted by Gasteiger charge is 2.38. The molecule has 2 amide bonds. The summed E-state index contributed by atoms with van der Waals surface area (Å²) in [7, 11) is 0. The molecule has 0 saturated carbocycles. The van der Waals surface area contributed by atoms with Gasteiger partial charge in [0.25, 0.3) is 0 Å². The maximum atomic E-state index is 13.1. The molecule has 0 spiro atoms. The zero-order valence-electron chi connectivity index (χ0n) is 15.8. The molecule has 2 aromatic rings. The normalized spacial score (nSPS) is 11.8. The molecule has 2 rings (SSSR count). The van der Waals surface area contributed by atoms with Crippen molar-refractivity contribution >= 4 is 17.5 Å². The Bertz CT molecular complexity index is 818. The Hall–Kier alpha value is -2.83. The Morgan fingerprint density at radius 3 is 2.14 bits per heavy atom. The molecule has 0 unspecified atom stereocenters. The summed E-state index contributed by atoms with van der Waals surface area (Å²) in [6.45, 7) is 3.12. The van der Waals surface area contributed by atoms with E-state index in [2.05, 4.69) is 10.6 Å². The Morgan fingerprint density at radius 2 is 1.50 bits per heavy atom. The fraction of sp³-hybridized carbons (Fsp3) is 0.333. The second-order valence-corrected chi connectivity index (χ2v) is 6.97. The predicted octanol–water partition coefficient (Wildman–Crippen LogP) is 4.42. The van der Waals surface area contributed by atoms with Gasteiger partial charge < -0.3 is 10.6 Å². The van der Waals surface area contributed by atoms with Gasteiger partial charge in [0.05, 0.1) is 11.3 Å². The van der Waals surface area contributed by atoms with Crippen LogP contribution in [-0.2, 0) is 22.2 Å². The number of aryl methyl sites for hydroxylation is 1. The van der Waals surface area contributed by atoms with Crippen LogP contribution in [0.5, 0.6) is 0 Å². The summed E-state index contributed by atoms with van der Waals surface area (Å²) in [5.41, 5.74) is -1.71. The van der Waals surface area contributed by atoms with Gasteiger partial charge >= 0.3 is 6.18 Å². The molecule has 2 N–H and O–H groups in total. The van der Waals surface area contributed by atoms with Gasteiger partial charge in [-0.05, 0) is 44.4 Å². The Labute approximate surface area is 162 Å². The summed E-state index contributed by atoms with van der Waals surface area (Å²) in [6.07, 6.45) is -3.15. The van der Waals surface area contributed by atoms with Gasteiger partial charge in [0, 0.05) is 6.54 Å². The van der Waals surface area contributed by atoms with E-state index in [9.17, 15) is 22.8 Å². The third kappa shape index (κ3) is 5.58.